The normalized spacial score (nSPS) is 12.8. The minimum absolute atomic E-state index is 0.436. The van der Waals surface area contributed by atoms with E-state index >= 15 is 0 Å². The average Bonchev–Trinajstić information content (AvgIpc) is 2.82. The molecule has 5 heteroatoms. The fourth-order valence-electron chi connectivity index (χ4n) is 2.24. The predicted molar refractivity (Wildman–Crippen MR) is 77.4 cm³/mol. The lowest BCUT2D eigenvalue weighted by atomic mass is 10.1. The van der Waals surface area contributed by atoms with Gasteiger partial charge in [0.15, 0.2) is 0 Å². The molecule has 1 atom stereocenters. The molecule has 0 aromatic carbocycles. The van der Waals surface area contributed by atoms with Gasteiger partial charge in [0.25, 0.3) is 5.78 Å². The molecule has 0 aliphatic heterocycles. The van der Waals surface area contributed by atoms with Crippen LogP contribution in [0.3, 0.4) is 0 Å². The van der Waals surface area contributed by atoms with Gasteiger partial charge in [-0.05, 0) is 20.3 Å². The molecular formula is C14H23N5. The quantitative estimate of drug-likeness (QED) is 0.778. The second kappa shape index (κ2) is 6.50. The lowest BCUT2D eigenvalue weighted by Gasteiger charge is -2.15. The molecule has 0 spiro atoms. The fourth-order valence-corrected chi connectivity index (χ4v) is 2.24. The van der Waals surface area contributed by atoms with Crippen molar-refractivity contribution in [2.45, 2.75) is 58.9 Å². The van der Waals surface area contributed by atoms with Crippen molar-refractivity contribution in [3.8, 4) is 0 Å². The first kappa shape index (κ1) is 13.8. The number of aryl methyl sites for hydroxylation is 1. The average molecular weight is 261 g/mol. The molecule has 104 valence electrons. The third kappa shape index (κ3) is 3.66. The van der Waals surface area contributed by atoms with Crippen LogP contribution in [-0.4, -0.2) is 25.6 Å². The van der Waals surface area contributed by atoms with E-state index in [1.165, 1.54) is 32.1 Å². The SMILES string of the molecule is CCCCCCC(C)Nc1cc(C)nc2ncnn12. The van der Waals surface area contributed by atoms with Gasteiger partial charge in [0.1, 0.15) is 12.1 Å². The lowest BCUT2D eigenvalue weighted by molar-refractivity contribution is 0.591. The van der Waals surface area contributed by atoms with Gasteiger partial charge in [-0.3, -0.25) is 0 Å². The number of anilines is 1. The molecule has 0 aliphatic rings. The van der Waals surface area contributed by atoms with E-state index in [0.717, 1.165) is 11.5 Å². The molecule has 0 amide bonds. The van der Waals surface area contributed by atoms with Crippen LogP contribution in [0.5, 0.6) is 0 Å². The van der Waals surface area contributed by atoms with E-state index < -0.39 is 0 Å². The zero-order chi connectivity index (χ0) is 13.7. The number of aromatic nitrogens is 4. The third-order valence-electron chi connectivity index (χ3n) is 3.26. The van der Waals surface area contributed by atoms with Crippen molar-refractivity contribution < 1.29 is 0 Å². The standard InChI is InChI=1S/C14H23N5/c1-4-5-6-7-8-11(2)17-13-9-12(3)18-14-15-10-16-19(13)14/h9-11,17H,4-8H2,1-3H3. The van der Waals surface area contributed by atoms with Gasteiger partial charge in [0.05, 0.1) is 0 Å². The van der Waals surface area contributed by atoms with Crippen LogP contribution in [0.4, 0.5) is 5.82 Å². The number of rotatable bonds is 7. The molecule has 0 fully saturated rings. The van der Waals surface area contributed by atoms with E-state index in [0.29, 0.717) is 11.8 Å². The summed E-state index contributed by atoms with van der Waals surface area (Å²) >= 11 is 0. The van der Waals surface area contributed by atoms with Crippen LogP contribution in [0.25, 0.3) is 5.78 Å². The summed E-state index contributed by atoms with van der Waals surface area (Å²) in [5, 5.41) is 7.71. The topological polar surface area (TPSA) is 55.1 Å². The molecule has 2 rings (SSSR count). The number of nitrogens with one attached hydrogen (secondary N) is 1. The van der Waals surface area contributed by atoms with Crippen molar-refractivity contribution in [2.24, 2.45) is 0 Å². The number of unbranched alkanes of at least 4 members (excludes halogenated alkanes) is 3. The molecule has 0 saturated carbocycles. The van der Waals surface area contributed by atoms with Crippen LogP contribution in [0.1, 0.15) is 51.6 Å². The van der Waals surface area contributed by atoms with Gasteiger partial charge in [-0.15, -0.1) is 0 Å². The molecule has 0 aliphatic carbocycles. The van der Waals surface area contributed by atoms with Crippen molar-refractivity contribution in [3.63, 3.8) is 0 Å². The predicted octanol–water partition coefficient (Wildman–Crippen LogP) is 3.20. The number of hydrogen-bond donors (Lipinski definition) is 1. The van der Waals surface area contributed by atoms with Gasteiger partial charge in [0.2, 0.25) is 0 Å². The summed E-state index contributed by atoms with van der Waals surface area (Å²) in [6, 6.07) is 2.45. The van der Waals surface area contributed by atoms with E-state index in [9.17, 15) is 0 Å². The Hall–Kier alpha value is -1.65. The van der Waals surface area contributed by atoms with E-state index in [-0.39, 0.29) is 0 Å². The fraction of sp³-hybridized carbons (Fsp3) is 0.643. The second-order valence-electron chi connectivity index (χ2n) is 5.15. The zero-order valence-electron chi connectivity index (χ0n) is 12.1. The first-order valence-corrected chi connectivity index (χ1v) is 7.14. The van der Waals surface area contributed by atoms with Gasteiger partial charge in [-0.25, -0.2) is 4.98 Å². The number of nitrogens with zero attached hydrogens (tertiary/aromatic N) is 4. The molecule has 0 bridgehead atoms. The minimum atomic E-state index is 0.436. The van der Waals surface area contributed by atoms with Crippen LogP contribution in [0.15, 0.2) is 12.4 Å². The van der Waals surface area contributed by atoms with Crippen molar-refractivity contribution in [2.75, 3.05) is 5.32 Å². The molecule has 19 heavy (non-hydrogen) atoms. The summed E-state index contributed by atoms with van der Waals surface area (Å²) in [7, 11) is 0. The molecular weight excluding hydrogens is 238 g/mol. The largest absolute Gasteiger partial charge is 0.367 e. The van der Waals surface area contributed by atoms with Crippen LogP contribution in [0.2, 0.25) is 0 Å². The monoisotopic (exact) mass is 261 g/mol. The Morgan fingerprint density at radius 2 is 2.16 bits per heavy atom. The van der Waals surface area contributed by atoms with Gasteiger partial charge < -0.3 is 5.32 Å². The van der Waals surface area contributed by atoms with Crippen LogP contribution in [0, 0.1) is 6.92 Å². The molecule has 2 heterocycles. The summed E-state index contributed by atoms with van der Waals surface area (Å²) in [6.45, 7) is 6.43. The van der Waals surface area contributed by atoms with Gasteiger partial charge in [-0.1, -0.05) is 32.6 Å². The van der Waals surface area contributed by atoms with E-state index in [1.807, 2.05) is 13.0 Å². The highest BCUT2D eigenvalue weighted by atomic mass is 15.4. The van der Waals surface area contributed by atoms with Gasteiger partial charge >= 0.3 is 0 Å². The third-order valence-corrected chi connectivity index (χ3v) is 3.26. The Labute approximate surface area is 114 Å². The molecule has 2 aromatic rings. The van der Waals surface area contributed by atoms with Gasteiger partial charge in [-0.2, -0.15) is 14.6 Å². The summed E-state index contributed by atoms with van der Waals surface area (Å²) in [5.74, 6) is 1.63. The van der Waals surface area contributed by atoms with E-state index in [4.69, 9.17) is 0 Å². The Morgan fingerprint density at radius 3 is 2.95 bits per heavy atom. The van der Waals surface area contributed by atoms with Gasteiger partial charge in [0, 0.05) is 17.8 Å². The van der Waals surface area contributed by atoms with Crippen LogP contribution in [-0.2, 0) is 0 Å². The maximum atomic E-state index is 4.34. The molecule has 5 nitrogen and oxygen atoms in total. The van der Waals surface area contributed by atoms with Crippen LogP contribution >= 0.6 is 0 Å². The van der Waals surface area contributed by atoms with Crippen LogP contribution < -0.4 is 5.32 Å². The van der Waals surface area contributed by atoms with Crippen molar-refractivity contribution in [1.82, 2.24) is 19.6 Å². The first-order valence-electron chi connectivity index (χ1n) is 7.14. The molecule has 0 saturated heterocycles. The van der Waals surface area contributed by atoms with Crippen molar-refractivity contribution in [3.05, 3.63) is 18.1 Å². The molecule has 1 N–H and O–H groups in total. The molecule has 2 aromatic heterocycles. The Morgan fingerprint density at radius 1 is 1.32 bits per heavy atom. The molecule has 0 radical (unpaired) electrons. The highest BCUT2D eigenvalue weighted by Crippen LogP contribution is 2.14. The maximum Gasteiger partial charge on any atom is 0.254 e. The maximum absolute atomic E-state index is 4.34. The lowest BCUT2D eigenvalue weighted by Crippen LogP contribution is -2.18. The van der Waals surface area contributed by atoms with E-state index in [2.05, 4.69) is 34.2 Å². The second-order valence-corrected chi connectivity index (χ2v) is 5.15. The number of fused-ring (bicyclic) bond motifs is 1. The minimum Gasteiger partial charge on any atom is -0.367 e. The van der Waals surface area contributed by atoms with E-state index in [1.54, 1.807) is 10.8 Å². The summed E-state index contributed by atoms with van der Waals surface area (Å²) in [5.41, 5.74) is 0.959. The zero-order valence-corrected chi connectivity index (χ0v) is 12.1. The summed E-state index contributed by atoms with van der Waals surface area (Å²) < 4.78 is 1.76. The van der Waals surface area contributed by atoms with Crippen molar-refractivity contribution >= 4 is 11.6 Å². The highest BCUT2D eigenvalue weighted by Gasteiger charge is 2.08. The van der Waals surface area contributed by atoms with Crippen molar-refractivity contribution in [1.29, 1.82) is 0 Å². The summed E-state index contributed by atoms with van der Waals surface area (Å²) in [4.78, 5) is 8.47. The molecule has 1 unspecified atom stereocenters. The Kier molecular flexibility index (Phi) is 4.71. The Balaban J connectivity index is 1.98. The summed E-state index contributed by atoms with van der Waals surface area (Å²) in [6.07, 6.45) is 7.92. The Bertz CT molecular complexity index is 520. The highest BCUT2D eigenvalue weighted by molar-refractivity contribution is 5.45. The number of hydrogen-bond acceptors (Lipinski definition) is 4. The first-order chi connectivity index (χ1) is 9.20. The smallest absolute Gasteiger partial charge is 0.254 e.